The molecular weight excluding hydrogens is 624 g/mol. The lowest BCUT2D eigenvalue weighted by Crippen LogP contribution is -2.21. The van der Waals surface area contributed by atoms with Crippen LogP contribution in [0.2, 0.25) is 5.02 Å². The minimum Gasteiger partial charge on any atom is -0.322 e. The quantitative estimate of drug-likeness (QED) is 0.139. The van der Waals surface area contributed by atoms with Crippen molar-refractivity contribution in [2.24, 2.45) is 0 Å². The highest BCUT2D eigenvalue weighted by molar-refractivity contribution is 7.64. The second kappa shape index (κ2) is 12.3. The maximum Gasteiger partial charge on any atom is 0.434 e. The predicted molar refractivity (Wildman–Crippen MR) is 168 cm³/mol. The monoisotopic (exact) mass is 646 g/mol. The summed E-state index contributed by atoms with van der Waals surface area (Å²) in [7, 11) is -0.938. The number of pyridine rings is 1. The van der Waals surface area contributed by atoms with Crippen LogP contribution in [-0.4, -0.2) is 43.4 Å². The Bertz CT molecular complexity index is 2030. The minimum absolute atomic E-state index is 0.0152. The van der Waals surface area contributed by atoms with Gasteiger partial charge in [-0.2, -0.15) is 23.4 Å². The molecule has 1 atom stereocenters. The van der Waals surface area contributed by atoms with Crippen molar-refractivity contribution >= 4 is 53.6 Å². The number of nitrogens with one attached hydrogen (secondary N) is 1. The van der Waals surface area contributed by atoms with Crippen LogP contribution in [0.15, 0.2) is 97.6 Å². The molecule has 1 amide bonds. The lowest BCUT2D eigenvalue weighted by atomic mass is 10.1. The van der Waals surface area contributed by atoms with Crippen LogP contribution in [0.4, 0.5) is 18.9 Å². The topological polar surface area (TPSA) is 94.7 Å². The molecular formula is C32H23ClF3N6O2P. The first-order valence-electron chi connectivity index (χ1n) is 13.5. The molecule has 0 aliphatic rings. The number of anilines is 1. The SMILES string of the molecule is CP(Cc1ccccc1)c1ncc(-n2ncc(C(=O)Nc3ccc(-n4cccn4)c(Cl)c3)c2C(F)(F)F)c2cccc(C=O)c12. The number of fused-ring (bicyclic) bond motifs is 1. The molecule has 0 saturated heterocycles. The molecule has 0 aliphatic carbocycles. The first kappa shape index (κ1) is 30.2. The number of hydrogen-bond donors (Lipinski definition) is 1. The lowest BCUT2D eigenvalue weighted by molar-refractivity contribution is -0.143. The third-order valence-electron chi connectivity index (χ3n) is 7.12. The van der Waals surface area contributed by atoms with Crippen molar-refractivity contribution in [3.8, 4) is 11.4 Å². The fraction of sp³-hybridized carbons (Fsp3) is 0.0938. The summed E-state index contributed by atoms with van der Waals surface area (Å²) in [5.41, 5.74) is 0.726. The minimum atomic E-state index is -4.97. The Morgan fingerprint density at radius 3 is 2.49 bits per heavy atom. The Kier molecular flexibility index (Phi) is 8.22. The molecule has 6 aromatic rings. The Morgan fingerprint density at radius 1 is 1.00 bits per heavy atom. The van der Waals surface area contributed by atoms with Gasteiger partial charge < -0.3 is 5.32 Å². The first-order chi connectivity index (χ1) is 21.7. The molecule has 226 valence electrons. The van der Waals surface area contributed by atoms with Gasteiger partial charge in [0.15, 0.2) is 12.0 Å². The van der Waals surface area contributed by atoms with Gasteiger partial charge in [-0.1, -0.05) is 68.1 Å². The van der Waals surface area contributed by atoms with E-state index in [1.54, 1.807) is 42.7 Å². The van der Waals surface area contributed by atoms with E-state index < -0.39 is 31.3 Å². The van der Waals surface area contributed by atoms with Crippen LogP contribution in [0.5, 0.6) is 0 Å². The number of aromatic nitrogens is 5. The molecule has 3 aromatic heterocycles. The lowest BCUT2D eigenvalue weighted by Gasteiger charge is -2.19. The Morgan fingerprint density at radius 2 is 1.80 bits per heavy atom. The summed E-state index contributed by atoms with van der Waals surface area (Å²) in [5.74, 6) is -1.03. The van der Waals surface area contributed by atoms with E-state index in [9.17, 15) is 22.8 Å². The number of nitrogens with zero attached hydrogens (tertiary/aromatic N) is 5. The van der Waals surface area contributed by atoms with Crippen LogP contribution in [-0.2, 0) is 12.3 Å². The van der Waals surface area contributed by atoms with Crippen molar-refractivity contribution < 1.29 is 22.8 Å². The highest BCUT2D eigenvalue weighted by Crippen LogP contribution is 2.40. The zero-order valence-corrected chi connectivity index (χ0v) is 25.2. The van der Waals surface area contributed by atoms with E-state index >= 15 is 0 Å². The molecule has 3 aromatic carbocycles. The molecule has 13 heteroatoms. The first-order valence-corrected chi connectivity index (χ1v) is 15.9. The normalized spacial score (nSPS) is 12.3. The van der Waals surface area contributed by atoms with Crippen molar-refractivity contribution in [1.29, 1.82) is 0 Å². The number of alkyl halides is 3. The average Bonchev–Trinajstić information content (AvgIpc) is 3.72. The van der Waals surface area contributed by atoms with Gasteiger partial charge in [-0.15, -0.1) is 0 Å². The molecule has 0 fully saturated rings. The third-order valence-corrected chi connectivity index (χ3v) is 9.33. The van der Waals surface area contributed by atoms with E-state index in [1.807, 2.05) is 37.0 Å². The van der Waals surface area contributed by atoms with Gasteiger partial charge in [0.2, 0.25) is 0 Å². The summed E-state index contributed by atoms with van der Waals surface area (Å²) in [6, 6.07) is 20.8. The molecule has 1 unspecified atom stereocenters. The van der Waals surface area contributed by atoms with E-state index in [0.717, 1.165) is 11.8 Å². The van der Waals surface area contributed by atoms with Crippen LogP contribution >= 0.6 is 19.5 Å². The third kappa shape index (κ3) is 5.96. The van der Waals surface area contributed by atoms with Gasteiger partial charge in [0, 0.05) is 34.4 Å². The van der Waals surface area contributed by atoms with Crippen LogP contribution in [0.1, 0.15) is 32.0 Å². The van der Waals surface area contributed by atoms with Crippen molar-refractivity contribution in [1.82, 2.24) is 24.5 Å². The van der Waals surface area contributed by atoms with E-state index in [4.69, 9.17) is 11.6 Å². The van der Waals surface area contributed by atoms with E-state index in [1.165, 1.54) is 23.0 Å². The van der Waals surface area contributed by atoms with E-state index in [-0.39, 0.29) is 16.4 Å². The Hall–Kier alpha value is -4.86. The van der Waals surface area contributed by atoms with Crippen molar-refractivity contribution in [2.45, 2.75) is 12.3 Å². The fourth-order valence-corrected chi connectivity index (χ4v) is 7.19. The highest BCUT2D eigenvalue weighted by Gasteiger charge is 2.41. The second-order valence-electron chi connectivity index (χ2n) is 10.1. The number of aldehydes is 1. The predicted octanol–water partition coefficient (Wildman–Crippen LogP) is 7.28. The standard InChI is InChI=1S/C32H23ClF3N6O2P/c1-45(19-20-7-3-2-4-8-20)31-28-21(18-43)9-5-10-23(28)27(17-37-31)42-29(32(34,35)36)24(16-39-42)30(44)40-22-11-12-26(25(33)15-22)41-14-6-13-38-41/h2-18H,19H2,1H3,(H,40,44). The van der Waals surface area contributed by atoms with Gasteiger partial charge in [-0.25, -0.2) is 9.36 Å². The van der Waals surface area contributed by atoms with Crippen LogP contribution < -0.4 is 10.8 Å². The maximum atomic E-state index is 14.7. The van der Waals surface area contributed by atoms with Gasteiger partial charge in [-0.05, 0) is 42.7 Å². The van der Waals surface area contributed by atoms with Gasteiger partial charge in [0.25, 0.3) is 5.91 Å². The molecule has 1 N–H and O–H groups in total. The molecule has 3 heterocycles. The number of amides is 1. The number of benzene rings is 3. The van der Waals surface area contributed by atoms with Gasteiger partial charge in [-0.3, -0.25) is 14.6 Å². The highest BCUT2D eigenvalue weighted by atomic mass is 35.5. The van der Waals surface area contributed by atoms with Crippen LogP contribution in [0, 0.1) is 0 Å². The van der Waals surface area contributed by atoms with Crippen molar-refractivity contribution in [3.63, 3.8) is 0 Å². The Labute approximate surface area is 261 Å². The molecule has 0 saturated carbocycles. The number of rotatable bonds is 8. The van der Waals surface area contributed by atoms with Crippen LogP contribution in [0.25, 0.3) is 22.1 Å². The summed E-state index contributed by atoms with van der Waals surface area (Å²) in [6.45, 7) is 2.01. The smallest absolute Gasteiger partial charge is 0.322 e. The average molecular weight is 647 g/mol. The summed E-state index contributed by atoms with van der Waals surface area (Å²) in [4.78, 5) is 30.0. The molecule has 45 heavy (non-hydrogen) atoms. The molecule has 8 nitrogen and oxygen atoms in total. The van der Waals surface area contributed by atoms with Crippen LogP contribution in [0.3, 0.4) is 0 Å². The molecule has 0 spiro atoms. The largest absolute Gasteiger partial charge is 0.434 e. The summed E-state index contributed by atoms with van der Waals surface area (Å²) < 4.78 is 46.1. The molecule has 0 radical (unpaired) electrons. The summed E-state index contributed by atoms with van der Waals surface area (Å²) in [6.07, 6.45) is 1.79. The van der Waals surface area contributed by atoms with E-state index in [0.29, 0.717) is 44.6 Å². The number of carbonyl (C=O) groups is 2. The number of carbonyl (C=O) groups excluding carboxylic acids is 2. The van der Waals surface area contributed by atoms with Crippen molar-refractivity contribution in [2.75, 3.05) is 12.0 Å². The zero-order chi connectivity index (χ0) is 31.7. The molecule has 6 rings (SSSR count). The molecule has 0 bridgehead atoms. The Balaban J connectivity index is 1.40. The van der Waals surface area contributed by atoms with Gasteiger partial charge >= 0.3 is 6.18 Å². The van der Waals surface area contributed by atoms with Gasteiger partial charge in [0.1, 0.15) is 0 Å². The number of hydrogen-bond acceptors (Lipinski definition) is 5. The summed E-state index contributed by atoms with van der Waals surface area (Å²) >= 11 is 6.36. The number of halogens is 4. The fourth-order valence-electron chi connectivity index (χ4n) is 5.13. The zero-order valence-electron chi connectivity index (χ0n) is 23.5. The van der Waals surface area contributed by atoms with E-state index in [2.05, 4.69) is 20.5 Å². The summed E-state index contributed by atoms with van der Waals surface area (Å²) in [5, 5.41) is 11.6. The second-order valence-corrected chi connectivity index (χ2v) is 12.6. The maximum absolute atomic E-state index is 14.7. The molecule has 0 aliphatic heterocycles. The van der Waals surface area contributed by atoms with Gasteiger partial charge in [0.05, 0.1) is 39.8 Å². The van der Waals surface area contributed by atoms with Crippen molar-refractivity contribution in [3.05, 3.63) is 125 Å².